The van der Waals surface area contributed by atoms with E-state index < -0.39 is 5.60 Å². The quantitative estimate of drug-likeness (QED) is 0.604. The number of nitriles is 1. The second kappa shape index (κ2) is 2.60. The Morgan fingerprint density at radius 1 is 1.67 bits per heavy atom. The molecule has 0 amide bonds. The van der Waals surface area contributed by atoms with E-state index in [1.54, 1.807) is 0 Å². The van der Waals surface area contributed by atoms with Crippen molar-refractivity contribution in [2.24, 2.45) is 5.41 Å². The molecule has 0 aliphatic heterocycles. The number of hydrogen-bond donors (Lipinski definition) is 1. The van der Waals surface area contributed by atoms with Gasteiger partial charge in [-0.15, -0.1) is 0 Å². The van der Waals surface area contributed by atoms with Crippen molar-refractivity contribution in [3.8, 4) is 6.07 Å². The van der Waals surface area contributed by atoms with Crippen LogP contribution in [0.4, 0.5) is 0 Å². The number of nitrogens with zero attached hydrogens (tertiary/aromatic N) is 1. The summed E-state index contributed by atoms with van der Waals surface area (Å²) in [5.41, 5.74) is 0.0921. The maximum Gasteiger partial charge on any atom is 0.0898 e. The first kappa shape index (κ1) is 9.28. The van der Waals surface area contributed by atoms with Gasteiger partial charge < -0.3 is 5.11 Å². The molecule has 1 aliphatic rings. The van der Waals surface area contributed by atoms with Gasteiger partial charge in [-0.05, 0) is 13.3 Å². The van der Waals surface area contributed by atoms with Crippen molar-refractivity contribution >= 4 is 0 Å². The molecule has 1 rings (SSSR count). The van der Waals surface area contributed by atoms with Gasteiger partial charge in [0.2, 0.25) is 0 Å². The van der Waals surface area contributed by atoms with Gasteiger partial charge in [-0.1, -0.05) is 25.5 Å². The normalized spacial score (nSPS) is 32.8. The lowest BCUT2D eigenvalue weighted by Gasteiger charge is -2.36. The first-order valence-electron chi connectivity index (χ1n) is 4.20. The number of aliphatic hydroxyl groups is 1. The van der Waals surface area contributed by atoms with Crippen LogP contribution in [-0.2, 0) is 0 Å². The van der Waals surface area contributed by atoms with Gasteiger partial charge in [0, 0.05) is 5.41 Å². The van der Waals surface area contributed by atoms with Crippen LogP contribution in [0.1, 0.15) is 33.6 Å². The topological polar surface area (TPSA) is 44.0 Å². The maximum atomic E-state index is 10.1. The van der Waals surface area contributed by atoms with Gasteiger partial charge in [0.05, 0.1) is 18.1 Å². The summed E-state index contributed by atoms with van der Waals surface area (Å²) in [4.78, 5) is 0. The zero-order valence-electron chi connectivity index (χ0n) is 7.89. The summed E-state index contributed by atoms with van der Waals surface area (Å²) in [6.45, 7) is 5.99. The molecule has 2 nitrogen and oxygen atoms in total. The van der Waals surface area contributed by atoms with E-state index in [0.717, 1.165) is 0 Å². The maximum absolute atomic E-state index is 10.1. The molecule has 0 aromatic carbocycles. The molecule has 0 aromatic rings. The Kier molecular flexibility index (Phi) is 2.01. The minimum atomic E-state index is -0.841. The third kappa shape index (κ3) is 1.05. The summed E-state index contributed by atoms with van der Waals surface area (Å²) < 4.78 is 0. The first-order valence-corrected chi connectivity index (χ1v) is 4.20. The second-order valence-corrected chi connectivity index (χ2v) is 4.08. The highest BCUT2D eigenvalue weighted by molar-refractivity contribution is 5.25. The van der Waals surface area contributed by atoms with Crippen LogP contribution in [0.5, 0.6) is 0 Å². The zero-order valence-corrected chi connectivity index (χ0v) is 7.89. The molecule has 0 saturated heterocycles. The Balaban J connectivity index is 2.94. The summed E-state index contributed by atoms with van der Waals surface area (Å²) >= 11 is 0. The van der Waals surface area contributed by atoms with Gasteiger partial charge in [0.15, 0.2) is 0 Å². The molecule has 1 atom stereocenters. The fourth-order valence-electron chi connectivity index (χ4n) is 1.62. The van der Waals surface area contributed by atoms with Crippen molar-refractivity contribution in [1.82, 2.24) is 0 Å². The highest BCUT2D eigenvalue weighted by Crippen LogP contribution is 2.47. The van der Waals surface area contributed by atoms with E-state index in [1.807, 2.05) is 32.9 Å². The Labute approximate surface area is 73.5 Å². The molecule has 0 spiro atoms. The van der Waals surface area contributed by atoms with E-state index in [9.17, 15) is 5.11 Å². The third-order valence-electron chi connectivity index (χ3n) is 3.27. The zero-order chi connectivity index (χ0) is 9.41. The molecule has 12 heavy (non-hydrogen) atoms. The fraction of sp³-hybridized carbons (Fsp3) is 0.700. The van der Waals surface area contributed by atoms with Crippen LogP contribution < -0.4 is 0 Å². The number of hydrogen-bond acceptors (Lipinski definition) is 2. The summed E-state index contributed by atoms with van der Waals surface area (Å²) in [5.74, 6) is 0. The number of rotatable bonds is 1. The molecule has 0 fully saturated rings. The van der Waals surface area contributed by atoms with Crippen LogP contribution in [-0.4, -0.2) is 10.7 Å². The Bertz CT molecular complexity index is 260. The molecule has 0 saturated carbocycles. The molecule has 0 bridgehead atoms. The third-order valence-corrected chi connectivity index (χ3v) is 3.27. The van der Waals surface area contributed by atoms with Gasteiger partial charge in [-0.3, -0.25) is 0 Å². The van der Waals surface area contributed by atoms with Gasteiger partial charge in [-0.25, -0.2) is 0 Å². The molecule has 0 radical (unpaired) electrons. The highest BCUT2D eigenvalue weighted by atomic mass is 16.3. The van der Waals surface area contributed by atoms with Crippen molar-refractivity contribution in [2.45, 2.75) is 39.2 Å². The van der Waals surface area contributed by atoms with Crippen molar-refractivity contribution < 1.29 is 5.11 Å². The molecule has 1 unspecified atom stereocenters. The second-order valence-electron chi connectivity index (χ2n) is 4.08. The minimum Gasteiger partial charge on any atom is -0.388 e. The van der Waals surface area contributed by atoms with E-state index in [-0.39, 0.29) is 11.8 Å². The van der Waals surface area contributed by atoms with Crippen molar-refractivity contribution in [1.29, 1.82) is 5.26 Å². The summed E-state index contributed by atoms with van der Waals surface area (Å²) in [6, 6.07) is 2.04. The van der Waals surface area contributed by atoms with Crippen molar-refractivity contribution in [2.75, 3.05) is 0 Å². The van der Waals surface area contributed by atoms with Crippen LogP contribution in [0.3, 0.4) is 0 Å². The standard InChI is InChI=1S/C10H15NO/c1-8-4-5-10(12,6-7-11)9(8,2)3/h4,12H,5-6H2,1-3H3. The van der Waals surface area contributed by atoms with Crippen molar-refractivity contribution in [3.05, 3.63) is 11.6 Å². The lowest BCUT2D eigenvalue weighted by atomic mass is 9.72. The van der Waals surface area contributed by atoms with Gasteiger partial charge in [0.1, 0.15) is 0 Å². The largest absolute Gasteiger partial charge is 0.388 e. The minimum absolute atomic E-state index is 0.216. The fourth-order valence-corrected chi connectivity index (χ4v) is 1.62. The van der Waals surface area contributed by atoms with E-state index in [1.165, 1.54) is 5.57 Å². The monoisotopic (exact) mass is 165 g/mol. The average molecular weight is 165 g/mol. The summed E-state index contributed by atoms with van der Waals surface area (Å²) in [6.07, 6.45) is 2.85. The predicted octanol–water partition coefficient (Wildman–Crippen LogP) is 2.01. The van der Waals surface area contributed by atoms with Crippen LogP contribution in [0.15, 0.2) is 11.6 Å². The molecule has 0 heterocycles. The Hall–Kier alpha value is -0.810. The van der Waals surface area contributed by atoms with Gasteiger partial charge in [-0.2, -0.15) is 5.26 Å². The first-order chi connectivity index (χ1) is 5.44. The Morgan fingerprint density at radius 3 is 2.58 bits per heavy atom. The van der Waals surface area contributed by atoms with E-state index in [2.05, 4.69) is 0 Å². The van der Waals surface area contributed by atoms with Crippen LogP contribution in [0, 0.1) is 16.7 Å². The molecule has 2 heteroatoms. The van der Waals surface area contributed by atoms with E-state index in [0.29, 0.717) is 6.42 Å². The molecular weight excluding hydrogens is 150 g/mol. The lowest BCUT2D eigenvalue weighted by molar-refractivity contribution is -0.0294. The molecule has 66 valence electrons. The molecular formula is C10H15NO. The average Bonchev–Trinajstić information content (AvgIpc) is 2.16. The van der Waals surface area contributed by atoms with Crippen LogP contribution >= 0.6 is 0 Å². The van der Waals surface area contributed by atoms with E-state index >= 15 is 0 Å². The summed E-state index contributed by atoms with van der Waals surface area (Å²) in [5, 5.41) is 18.7. The molecule has 1 N–H and O–H groups in total. The van der Waals surface area contributed by atoms with Crippen molar-refractivity contribution in [3.63, 3.8) is 0 Å². The molecule has 1 aliphatic carbocycles. The smallest absolute Gasteiger partial charge is 0.0898 e. The lowest BCUT2D eigenvalue weighted by Crippen LogP contribution is -2.41. The van der Waals surface area contributed by atoms with Crippen LogP contribution in [0.25, 0.3) is 0 Å². The van der Waals surface area contributed by atoms with Gasteiger partial charge in [0.25, 0.3) is 0 Å². The molecule has 0 aromatic heterocycles. The highest BCUT2D eigenvalue weighted by Gasteiger charge is 2.47. The summed E-state index contributed by atoms with van der Waals surface area (Å²) in [7, 11) is 0. The SMILES string of the molecule is CC1=CCC(O)(CC#N)C1(C)C. The van der Waals surface area contributed by atoms with E-state index in [4.69, 9.17) is 5.26 Å². The van der Waals surface area contributed by atoms with Gasteiger partial charge >= 0.3 is 0 Å². The van der Waals surface area contributed by atoms with Crippen LogP contribution in [0.2, 0.25) is 0 Å². The Morgan fingerprint density at radius 2 is 2.25 bits per heavy atom. The predicted molar refractivity (Wildman–Crippen MR) is 47.3 cm³/mol.